The van der Waals surface area contributed by atoms with Crippen molar-refractivity contribution in [3.8, 4) is 5.75 Å². The summed E-state index contributed by atoms with van der Waals surface area (Å²) < 4.78 is 5.74. The average Bonchev–Trinajstić information content (AvgIpc) is 3.34. The fourth-order valence-corrected chi connectivity index (χ4v) is 3.38. The van der Waals surface area contributed by atoms with Crippen molar-refractivity contribution in [1.29, 1.82) is 0 Å². The van der Waals surface area contributed by atoms with Crippen LogP contribution in [0.15, 0.2) is 29.6 Å². The fourth-order valence-electron chi connectivity index (χ4n) is 2.68. The molecule has 2 aromatic rings. The van der Waals surface area contributed by atoms with Crippen LogP contribution >= 0.6 is 11.3 Å². The number of carbonyl (C=O) groups is 1. The number of rotatable bonds is 7. The summed E-state index contributed by atoms with van der Waals surface area (Å²) in [4.78, 5) is 18.8. The maximum absolute atomic E-state index is 12.4. The molecule has 1 unspecified atom stereocenters. The van der Waals surface area contributed by atoms with Crippen LogP contribution in [0.25, 0.3) is 0 Å². The molecule has 0 N–H and O–H groups in total. The van der Waals surface area contributed by atoms with Gasteiger partial charge in [0.2, 0.25) is 5.91 Å². The van der Waals surface area contributed by atoms with Crippen molar-refractivity contribution < 1.29 is 9.53 Å². The van der Waals surface area contributed by atoms with Gasteiger partial charge in [-0.25, -0.2) is 4.98 Å². The Kier molecular flexibility index (Phi) is 5.19. The number of likely N-dealkylation sites (N-methyl/N-ethyl adjacent to an activating group) is 1. The monoisotopic (exact) mass is 344 g/mol. The lowest BCUT2D eigenvalue weighted by Crippen LogP contribution is -2.37. The first kappa shape index (κ1) is 17.0. The lowest BCUT2D eigenvalue weighted by Gasteiger charge is -2.24. The molecule has 0 aliphatic heterocycles. The van der Waals surface area contributed by atoms with Crippen LogP contribution in [0.3, 0.4) is 0 Å². The zero-order valence-corrected chi connectivity index (χ0v) is 15.3. The van der Waals surface area contributed by atoms with E-state index in [9.17, 15) is 4.79 Å². The molecule has 3 rings (SSSR count). The van der Waals surface area contributed by atoms with Crippen LogP contribution in [-0.2, 0) is 17.8 Å². The third-order valence-electron chi connectivity index (χ3n) is 4.62. The summed E-state index contributed by atoms with van der Waals surface area (Å²) in [5.74, 6) is 1.67. The van der Waals surface area contributed by atoms with Crippen LogP contribution in [0.1, 0.15) is 36.0 Å². The SMILES string of the molecule is Cc1ccc(OCc2nc(CC(=O)N(C)C(C)C3CC3)cs2)cc1. The van der Waals surface area contributed by atoms with Crippen LogP contribution in [0, 0.1) is 12.8 Å². The number of aryl methyl sites for hydroxylation is 1. The van der Waals surface area contributed by atoms with Gasteiger partial charge in [-0.05, 0) is 44.7 Å². The minimum Gasteiger partial charge on any atom is -0.486 e. The highest BCUT2D eigenvalue weighted by Crippen LogP contribution is 2.34. The second-order valence-electron chi connectivity index (χ2n) is 6.59. The molecule has 1 saturated carbocycles. The van der Waals surface area contributed by atoms with Gasteiger partial charge < -0.3 is 9.64 Å². The van der Waals surface area contributed by atoms with E-state index in [1.807, 2.05) is 41.6 Å². The predicted molar refractivity (Wildman–Crippen MR) is 96.3 cm³/mol. The molecule has 4 nitrogen and oxygen atoms in total. The first-order chi connectivity index (χ1) is 11.5. The fraction of sp³-hybridized carbons (Fsp3) is 0.474. The van der Waals surface area contributed by atoms with E-state index >= 15 is 0 Å². The molecule has 24 heavy (non-hydrogen) atoms. The Morgan fingerprint density at radius 1 is 1.38 bits per heavy atom. The molecular formula is C19H24N2O2S. The number of amides is 1. The molecule has 5 heteroatoms. The van der Waals surface area contributed by atoms with Gasteiger partial charge in [0.15, 0.2) is 0 Å². The molecule has 1 atom stereocenters. The van der Waals surface area contributed by atoms with Crippen LogP contribution in [0.2, 0.25) is 0 Å². The molecule has 1 heterocycles. The largest absolute Gasteiger partial charge is 0.486 e. The summed E-state index contributed by atoms with van der Waals surface area (Å²) in [6.07, 6.45) is 2.86. The van der Waals surface area contributed by atoms with Gasteiger partial charge in [-0.15, -0.1) is 11.3 Å². The molecule has 0 bridgehead atoms. The highest BCUT2D eigenvalue weighted by Gasteiger charge is 2.32. The molecule has 128 valence electrons. The molecule has 1 aliphatic rings. The van der Waals surface area contributed by atoms with Gasteiger partial charge in [-0.2, -0.15) is 0 Å². The second kappa shape index (κ2) is 7.34. The van der Waals surface area contributed by atoms with Crippen molar-refractivity contribution in [2.45, 2.75) is 45.8 Å². The van der Waals surface area contributed by atoms with E-state index < -0.39 is 0 Å². The van der Waals surface area contributed by atoms with Gasteiger partial charge in [0, 0.05) is 18.5 Å². The zero-order chi connectivity index (χ0) is 17.1. The van der Waals surface area contributed by atoms with Crippen molar-refractivity contribution in [3.63, 3.8) is 0 Å². The van der Waals surface area contributed by atoms with Gasteiger partial charge in [-0.1, -0.05) is 17.7 Å². The van der Waals surface area contributed by atoms with E-state index in [0.717, 1.165) is 16.5 Å². The molecule has 1 amide bonds. The molecule has 1 aromatic carbocycles. The van der Waals surface area contributed by atoms with Crippen molar-refractivity contribution in [2.24, 2.45) is 5.92 Å². The van der Waals surface area contributed by atoms with E-state index in [4.69, 9.17) is 4.74 Å². The maximum atomic E-state index is 12.4. The number of ether oxygens (including phenoxy) is 1. The second-order valence-corrected chi connectivity index (χ2v) is 7.54. The molecule has 0 saturated heterocycles. The van der Waals surface area contributed by atoms with Crippen LogP contribution in [0.4, 0.5) is 0 Å². The van der Waals surface area contributed by atoms with Crippen molar-refractivity contribution in [2.75, 3.05) is 7.05 Å². The van der Waals surface area contributed by atoms with E-state index in [-0.39, 0.29) is 5.91 Å². The third-order valence-corrected chi connectivity index (χ3v) is 5.49. The number of hydrogen-bond donors (Lipinski definition) is 0. The Morgan fingerprint density at radius 3 is 2.75 bits per heavy atom. The number of aromatic nitrogens is 1. The highest BCUT2D eigenvalue weighted by atomic mass is 32.1. The van der Waals surface area contributed by atoms with Gasteiger partial charge in [0.05, 0.1) is 12.1 Å². The molecule has 1 aromatic heterocycles. The Labute approximate surface area is 147 Å². The Morgan fingerprint density at radius 2 is 2.08 bits per heavy atom. The normalized spacial score (nSPS) is 15.1. The van der Waals surface area contributed by atoms with Crippen molar-refractivity contribution in [1.82, 2.24) is 9.88 Å². The first-order valence-electron chi connectivity index (χ1n) is 8.41. The Bertz CT molecular complexity index is 692. The van der Waals surface area contributed by atoms with E-state index in [2.05, 4.69) is 18.8 Å². The summed E-state index contributed by atoms with van der Waals surface area (Å²) in [6, 6.07) is 8.31. The molecule has 1 fully saturated rings. The predicted octanol–water partition coefficient (Wildman–Crippen LogP) is 3.83. The van der Waals surface area contributed by atoms with Crippen molar-refractivity contribution in [3.05, 3.63) is 45.9 Å². The van der Waals surface area contributed by atoms with E-state index in [0.29, 0.717) is 25.0 Å². The minimum atomic E-state index is 0.144. The maximum Gasteiger partial charge on any atom is 0.228 e. The average molecular weight is 344 g/mol. The van der Waals surface area contributed by atoms with Gasteiger partial charge in [0.25, 0.3) is 0 Å². The summed E-state index contributed by atoms with van der Waals surface area (Å²) >= 11 is 1.55. The summed E-state index contributed by atoms with van der Waals surface area (Å²) in [6.45, 7) is 4.63. The molecule has 1 aliphatic carbocycles. The van der Waals surface area contributed by atoms with Crippen LogP contribution < -0.4 is 4.74 Å². The quantitative estimate of drug-likeness (QED) is 0.766. The van der Waals surface area contributed by atoms with Gasteiger partial charge >= 0.3 is 0 Å². The Balaban J connectivity index is 1.51. The van der Waals surface area contributed by atoms with Gasteiger partial charge in [0.1, 0.15) is 17.4 Å². The summed E-state index contributed by atoms with van der Waals surface area (Å²) in [5.41, 5.74) is 2.05. The lowest BCUT2D eigenvalue weighted by molar-refractivity contribution is -0.131. The Hall–Kier alpha value is -1.88. The standard InChI is InChI=1S/C19H24N2O2S/c1-13-4-8-17(9-5-13)23-11-18-20-16(12-24-18)10-19(22)21(3)14(2)15-6-7-15/h4-5,8-9,12,14-15H,6-7,10-11H2,1-3H3. The zero-order valence-electron chi connectivity index (χ0n) is 14.5. The number of carbonyl (C=O) groups excluding carboxylic acids is 1. The van der Waals surface area contributed by atoms with E-state index in [1.54, 1.807) is 11.3 Å². The number of hydrogen-bond acceptors (Lipinski definition) is 4. The smallest absolute Gasteiger partial charge is 0.228 e. The number of thiazole rings is 1. The molecule has 0 radical (unpaired) electrons. The lowest BCUT2D eigenvalue weighted by atomic mass is 10.2. The van der Waals surface area contributed by atoms with Crippen LogP contribution in [0.5, 0.6) is 5.75 Å². The highest BCUT2D eigenvalue weighted by molar-refractivity contribution is 7.09. The minimum absolute atomic E-state index is 0.144. The first-order valence-corrected chi connectivity index (χ1v) is 9.29. The summed E-state index contributed by atoms with van der Waals surface area (Å²) in [7, 11) is 1.90. The molecular weight excluding hydrogens is 320 g/mol. The summed E-state index contributed by atoms with van der Waals surface area (Å²) in [5, 5.41) is 2.86. The van der Waals surface area contributed by atoms with Gasteiger partial charge in [-0.3, -0.25) is 4.79 Å². The third kappa shape index (κ3) is 4.35. The molecule has 0 spiro atoms. The number of benzene rings is 1. The van der Waals surface area contributed by atoms with E-state index in [1.165, 1.54) is 18.4 Å². The number of nitrogens with zero attached hydrogens (tertiary/aromatic N) is 2. The van der Waals surface area contributed by atoms with Crippen LogP contribution in [-0.4, -0.2) is 28.9 Å². The van der Waals surface area contributed by atoms with Crippen molar-refractivity contribution >= 4 is 17.2 Å². The topological polar surface area (TPSA) is 42.4 Å².